The van der Waals surface area contributed by atoms with Crippen LogP contribution in [0, 0.1) is 6.92 Å². The molecule has 0 atom stereocenters. The zero-order valence-electron chi connectivity index (χ0n) is 19.0. The highest BCUT2D eigenvalue weighted by Gasteiger charge is 2.04. The molecule has 0 amide bonds. The Morgan fingerprint density at radius 2 is 0.815 bits per heavy atom. The molecule has 0 spiro atoms. The average Bonchev–Trinajstić information content (AvgIpc) is 2.68. The molecule has 0 bridgehead atoms. The van der Waals surface area contributed by atoms with Gasteiger partial charge in [-0.2, -0.15) is 0 Å². The number of rotatable bonds is 18. The van der Waals surface area contributed by atoms with Crippen LogP contribution in [0.2, 0.25) is 0 Å². The first-order chi connectivity index (χ1) is 13.3. The van der Waals surface area contributed by atoms with Gasteiger partial charge in [-0.15, -0.1) is 0 Å². The first-order valence-corrected chi connectivity index (χ1v) is 12.4. The predicted molar refractivity (Wildman–Crippen MR) is 124 cm³/mol. The second kappa shape index (κ2) is 17.3. The molecule has 156 valence electrons. The summed E-state index contributed by atoms with van der Waals surface area (Å²) in [6.45, 7) is 6.95. The molecule has 0 aliphatic carbocycles. The van der Waals surface area contributed by atoms with Gasteiger partial charge in [-0.3, -0.25) is 0 Å². The van der Waals surface area contributed by atoms with Gasteiger partial charge < -0.3 is 0 Å². The van der Waals surface area contributed by atoms with Crippen molar-refractivity contribution in [1.82, 2.24) is 0 Å². The Kier molecular flexibility index (Phi) is 15.6. The number of aryl methyl sites for hydroxylation is 2. The van der Waals surface area contributed by atoms with Crippen LogP contribution >= 0.6 is 0 Å². The average molecular weight is 373 g/mol. The van der Waals surface area contributed by atoms with Gasteiger partial charge in [0.25, 0.3) is 0 Å². The molecule has 0 fully saturated rings. The van der Waals surface area contributed by atoms with Crippen LogP contribution in [0.1, 0.15) is 133 Å². The molecule has 0 radical (unpaired) electrons. The lowest BCUT2D eigenvalue weighted by Gasteiger charge is -2.12. The van der Waals surface area contributed by atoms with E-state index in [-0.39, 0.29) is 0 Å². The highest BCUT2D eigenvalue weighted by molar-refractivity contribution is 5.34. The van der Waals surface area contributed by atoms with Gasteiger partial charge in [0, 0.05) is 0 Å². The van der Waals surface area contributed by atoms with Gasteiger partial charge in [0.1, 0.15) is 0 Å². The van der Waals surface area contributed by atoms with Crippen LogP contribution < -0.4 is 0 Å². The van der Waals surface area contributed by atoms with Crippen molar-refractivity contribution in [3.63, 3.8) is 0 Å². The molecular formula is C27H48. The van der Waals surface area contributed by atoms with Crippen molar-refractivity contribution in [3.05, 3.63) is 34.9 Å². The van der Waals surface area contributed by atoms with Gasteiger partial charge >= 0.3 is 0 Å². The minimum Gasteiger partial charge on any atom is -0.0654 e. The molecule has 0 heterocycles. The largest absolute Gasteiger partial charge is 0.0654 e. The van der Waals surface area contributed by atoms with Gasteiger partial charge in [-0.05, 0) is 49.3 Å². The van der Waals surface area contributed by atoms with E-state index >= 15 is 0 Å². The Morgan fingerprint density at radius 3 is 1.19 bits per heavy atom. The monoisotopic (exact) mass is 372 g/mol. The van der Waals surface area contributed by atoms with E-state index in [1.165, 1.54) is 116 Å². The van der Waals surface area contributed by atoms with Crippen LogP contribution in [0.25, 0.3) is 0 Å². The molecule has 1 aromatic carbocycles. The summed E-state index contributed by atoms with van der Waals surface area (Å²) in [5, 5.41) is 0. The summed E-state index contributed by atoms with van der Waals surface area (Å²) in [4.78, 5) is 0. The molecule has 0 N–H and O–H groups in total. The fourth-order valence-electron chi connectivity index (χ4n) is 4.18. The summed E-state index contributed by atoms with van der Waals surface area (Å²) in [5.74, 6) is 0. The van der Waals surface area contributed by atoms with Crippen molar-refractivity contribution in [1.29, 1.82) is 0 Å². The van der Waals surface area contributed by atoms with E-state index in [1.807, 2.05) is 0 Å². The number of hydrogen-bond acceptors (Lipinski definition) is 0. The maximum absolute atomic E-state index is 2.37. The molecule has 0 heteroatoms. The van der Waals surface area contributed by atoms with Gasteiger partial charge in [0.2, 0.25) is 0 Å². The maximum Gasteiger partial charge on any atom is -0.0276 e. The number of hydrogen-bond donors (Lipinski definition) is 0. The molecule has 0 aliphatic rings. The normalized spacial score (nSPS) is 11.2. The summed E-state index contributed by atoms with van der Waals surface area (Å²) >= 11 is 0. The Morgan fingerprint density at radius 1 is 0.481 bits per heavy atom. The molecule has 0 saturated carbocycles. The van der Waals surface area contributed by atoms with E-state index in [1.54, 1.807) is 16.7 Å². The van der Waals surface area contributed by atoms with E-state index < -0.39 is 0 Å². The number of unbranched alkanes of at least 4 members (excludes halogenated alkanes) is 14. The Labute approximate surface area is 171 Å². The third-order valence-electron chi connectivity index (χ3n) is 6.16. The van der Waals surface area contributed by atoms with Crippen LogP contribution in [0.15, 0.2) is 18.2 Å². The van der Waals surface area contributed by atoms with E-state index in [4.69, 9.17) is 0 Å². The van der Waals surface area contributed by atoms with Crippen LogP contribution in [-0.4, -0.2) is 0 Å². The summed E-state index contributed by atoms with van der Waals surface area (Å²) in [6, 6.07) is 7.04. The predicted octanol–water partition coefficient (Wildman–Crippen LogP) is 9.36. The van der Waals surface area contributed by atoms with Crippen LogP contribution in [-0.2, 0) is 12.8 Å². The second-order valence-electron chi connectivity index (χ2n) is 8.65. The molecular weight excluding hydrogens is 324 g/mol. The molecule has 0 nitrogen and oxygen atoms in total. The van der Waals surface area contributed by atoms with E-state index in [2.05, 4.69) is 39.0 Å². The third-order valence-corrected chi connectivity index (χ3v) is 6.16. The van der Waals surface area contributed by atoms with E-state index in [0.29, 0.717) is 0 Å². The molecule has 0 unspecified atom stereocenters. The molecule has 27 heavy (non-hydrogen) atoms. The minimum atomic E-state index is 1.28. The molecule has 1 aromatic rings. The molecule has 0 aromatic heterocycles. The van der Waals surface area contributed by atoms with Crippen LogP contribution in [0.4, 0.5) is 0 Å². The maximum atomic E-state index is 2.37. The van der Waals surface area contributed by atoms with E-state index in [0.717, 1.165) is 0 Å². The van der Waals surface area contributed by atoms with Crippen molar-refractivity contribution < 1.29 is 0 Å². The highest BCUT2D eigenvalue weighted by atomic mass is 14.1. The first-order valence-electron chi connectivity index (χ1n) is 12.4. The van der Waals surface area contributed by atoms with E-state index in [9.17, 15) is 0 Å². The van der Waals surface area contributed by atoms with Crippen LogP contribution in [0.3, 0.4) is 0 Å². The van der Waals surface area contributed by atoms with Crippen LogP contribution in [0.5, 0.6) is 0 Å². The van der Waals surface area contributed by atoms with Crippen molar-refractivity contribution >= 4 is 0 Å². The third kappa shape index (κ3) is 12.3. The van der Waals surface area contributed by atoms with Gasteiger partial charge in [0.15, 0.2) is 0 Å². The smallest absolute Gasteiger partial charge is 0.0276 e. The van der Waals surface area contributed by atoms with Gasteiger partial charge in [-0.25, -0.2) is 0 Å². The highest BCUT2D eigenvalue weighted by Crippen LogP contribution is 2.20. The Balaban J connectivity index is 2.15. The van der Waals surface area contributed by atoms with Crippen molar-refractivity contribution in [3.8, 4) is 0 Å². The fraction of sp³-hybridized carbons (Fsp3) is 0.778. The Hall–Kier alpha value is -0.780. The fourth-order valence-corrected chi connectivity index (χ4v) is 4.18. The van der Waals surface area contributed by atoms with Crippen molar-refractivity contribution in [2.45, 2.75) is 136 Å². The minimum absolute atomic E-state index is 1.28. The first kappa shape index (κ1) is 24.3. The molecule has 1 rings (SSSR count). The summed E-state index contributed by atoms with van der Waals surface area (Å²) < 4.78 is 0. The second-order valence-corrected chi connectivity index (χ2v) is 8.65. The molecule has 0 saturated heterocycles. The van der Waals surface area contributed by atoms with Crippen molar-refractivity contribution in [2.24, 2.45) is 0 Å². The lowest BCUT2D eigenvalue weighted by molar-refractivity contribution is 0.573. The quantitative estimate of drug-likeness (QED) is 0.225. The summed E-state index contributed by atoms with van der Waals surface area (Å²) in [6.07, 6.45) is 25.2. The lowest BCUT2D eigenvalue weighted by atomic mass is 9.94. The SMILES string of the molecule is CCCCCCCCCCc1cccc(CCCCCCCCCC)c1C. The summed E-state index contributed by atoms with van der Waals surface area (Å²) in [7, 11) is 0. The van der Waals surface area contributed by atoms with Gasteiger partial charge in [0.05, 0.1) is 0 Å². The molecule has 0 aliphatic heterocycles. The standard InChI is InChI=1S/C27H48/c1-4-6-8-10-12-14-16-18-21-26-23-20-24-27(25(26)3)22-19-17-15-13-11-9-7-5-2/h20,23-24H,4-19,21-22H2,1-3H3. The topological polar surface area (TPSA) is 0 Å². The lowest BCUT2D eigenvalue weighted by Crippen LogP contribution is -1.97. The summed E-state index contributed by atoms with van der Waals surface area (Å²) in [5.41, 5.74) is 4.81. The zero-order valence-corrected chi connectivity index (χ0v) is 19.0. The van der Waals surface area contributed by atoms with Gasteiger partial charge in [-0.1, -0.05) is 122 Å². The van der Waals surface area contributed by atoms with Crippen molar-refractivity contribution in [2.75, 3.05) is 0 Å². The number of benzene rings is 1. The Bertz CT molecular complexity index is 407. The zero-order chi connectivity index (χ0) is 19.6.